The van der Waals surface area contributed by atoms with Gasteiger partial charge in [-0.2, -0.15) is 0 Å². The van der Waals surface area contributed by atoms with Crippen LogP contribution >= 0.6 is 31.9 Å². The van der Waals surface area contributed by atoms with Crippen LogP contribution < -0.4 is 10.5 Å². The zero-order valence-electron chi connectivity index (χ0n) is 7.24. The fourth-order valence-electron chi connectivity index (χ4n) is 0.966. The topological polar surface area (TPSA) is 35.2 Å². The molecule has 0 saturated carbocycles. The molecule has 0 aliphatic carbocycles. The van der Waals surface area contributed by atoms with Crippen LogP contribution in [0.25, 0.3) is 0 Å². The summed E-state index contributed by atoms with van der Waals surface area (Å²) in [5, 5.41) is 0.342. The summed E-state index contributed by atoms with van der Waals surface area (Å²) in [7, 11) is 0. The molecule has 1 aromatic carbocycles. The Labute approximate surface area is 101 Å². The molecule has 0 saturated heterocycles. The lowest BCUT2D eigenvalue weighted by molar-refractivity contribution is -0.274. The van der Waals surface area contributed by atoms with E-state index in [1.54, 1.807) is 0 Å². The number of anilines is 1. The third-order valence-corrected chi connectivity index (χ3v) is 2.92. The quantitative estimate of drug-likeness (QED) is 0.651. The largest absolute Gasteiger partial charge is 0.573 e. The van der Waals surface area contributed by atoms with Crippen molar-refractivity contribution in [3.05, 3.63) is 22.2 Å². The molecule has 0 fully saturated rings. The minimum Gasteiger partial charge on any atom is -0.404 e. The number of rotatable bonds is 2. The Morgan fingerprint density at radius 1 is 1.33 bits per heavy atom. The van der Waals surface area contributed by atoms with Crippen molar-refractivity contribution in [2.45, 2.75) is 11.7 Å². The SMILES string of the molecule is Nc1c(OC(F)(F)F)ccc(Br)c1CBr. The van der Waals surface area contributed by atoms with E-state index in [0.717, 1.165) is 0 Å². The van der Waals surface area contributed by atoms with Gasteiger partial charge in [0.2, 0.25) is 0 Å². The molecule has 2 N–H and O–H groups in total. The molecule has 1 rings (SSSR count). The second-order valence-corrected chi connectivity index (χ2v) is 4.03. The van der Waals surface area contributed by atoms with Crippen LogP contribution in [-0.2, 0) is 5.33 Å². The molecule has 0 radical (unpaired) electrons. The molecule has 2 nitrogen and oxygen atoms in total. The van der Waals surface area contributed by atoms with Crippen LogP contribution in [0.3, 0.4) is 0 Å². The molecule has 1 aromatic rings. The van der Waals surface area contributed by atoms with Gasteiger partial charge in [0, 0.05) is 15.4 Å². The van der Waals surface area contributed by atoms with Gasteiger partial charge in [0.25, 0.3) is 0 Å². The van der Waals surface area contributed by atoms with E-state index in [2.05, 4.69) is 36.6 Å². The average molecular weight is 349 g/mol. The first-order valence-electron chi connectivity index (χ1n) is 3.73. The fourth-order valence-corrected chi connectivity index (χ4v) is 2.43. The molecule has 7 heteroatoms. The van der Waals surface area contributed by atoms with Gasteiger partial charge in [-0.3, -0.25) is 0 Å². The van der Waals surface area contributed by atoms with Crippen molar-refractivity contribution in [3.63, 3.8) is 0 Å². The molecule has 84 valence electrons. The zero-order chi connectivity index (χ0) is 11.6. The van der Waals surface area contributed by atoms with E-state index in [0.29, 0.717) is 15.4 Å². The monoisotopic (exact) mass is 347 g/mol. The van der Waals surface area contributed by atoms with E-state index in [4.69, 9.17) is 5.73 Å². The van der Waals surface area contributed by atoms with Crippen molar-refractivity contribution in [1.82, 2.24) is 0 Å². The summed E-state index contributed by atoms with van der Waals surface area (Å²) < 4.78 is 40.3. The molecule has 0 heterocycles. The Morgan fingerprint density at radius 2 is 1.93 bits per heavy atom. The highest BCUT2D eigenvalue weighted by Gasteiger charge is 2.32. The first kappa shape index (κ1) is 12.6. The van der Waals surface area contributed by atoms with Gasteiger partial charge in [-0.1, -0.05) is 31.9 Å². The first-order valence-corrected chi connectivity index (χ1v) is 5.65. The van der Waals surface area contributed by atoms with Crippen molar-refractivity contribution in [2.75, 3.05) is 5.73 Å². The van der Waals surface area contributed by atoms with Gasteiger partial charge in [0.1, 0.15) is 0 Å². The van der Waals surface area contributed by atoms with Crippen LogP contribution in [0.4, 0.5) is 18.9 Å². The minimum atomic E-state index is -4.73. The van der Waals surface area contributed by atoms with Crippen molar-refractivity contribution >= 4 is 37.5 Å². The smallest absolute Gasteiger partial charge is 0.404 e. The maximum absolute atomic E-state index is 12.0. The van der Waals surface area contributed by atoms with Crippen LogP contribution in [0.2, 0.25) is 0 Å². The molecule has 0 amide bonds. The van der Waals surface area contributed by atoms with Crippen LogP contribution in [0.15, 0.2) is 16.6 Å². The molecule has 0 atom stereocenters. The number of halogens is 5. The van der Waals surface area contributed by atoms with E-state index in [1.165, 1.54) is 12.1 Å². The van der Waals surface area contributed by atoms with Crippen molar-refractivity contribution < 1.29 is 17.9 Å². The zero-order valence-corrected chi connectivity index (χ0v) is 10.4. The highest BCUT2D eigenvalue weighted by atomic mass is 79.9. The molecule has 0 unspecified atom stereocenters. The molecule has 0 spiro atoms. The van der Waals surface area contributed by atoms with Gasteiger partial charge in [-0.05, 0) is 12.1 Å². The number of benzene rings is 1. The summed E-state index contributed by atoms with van der Waals surface area (Å²) in [6.45, 7) is 0. The summed E-state index contributed by atoms with van der Waals surface area (Å²) in [5.74, 6) is -0.389. The predicted molar refractivity (Wildman–Crippen MR) is 57.9 cm³/mol. The molecule has 0 bridgehead atoms. The number of hydrogen-bond acceptors (Lipinski definition) is 2. The standard InChI is InChI=1S/C8H6Br2F3NO/c9-3-4-5(10)1-2-6(7(4)14)15-8(11,12)13/h1-2H,3,14H2. The number of nitrogen functional groups attached to an aromatic ring is 1. The molecule has 15 heavy (non-hydrogen) atoms. The normalized spacial score (nSPS) is 11.5. The van der Waals surface area contributed by atoms with E-state index in [1.807, 2.05) is 0 Å². The Hall–Kier alpha value is -0.430. The summed E-state index contributed by atoms with van der Waals surface area (Å²) in [4.78, 5) is 0. The third-order valence-electron chi connectivity index (χ3n) is 1.62. The Kier molecular flexibility index (Phi) is 3.88. The Balaban J connectivity index is 3.11. The number of hydrogen-bond donors (Lipinski definition) is 1. The van der Waals surface area contributed by atoms with E-state index < -0.39 is 6.36 Å². The van der Waals surface area contributed by atoms with Crippen molar-refractivity contribution in [2.24, 2.45) is 0 Å². The second kappa shape index (κ2) is 4.61. The van der Waals surface area contributed by atoms with Gasteiger partial charge < -0.3 is 10.5 Å². The lowest BCUT2D eigenvalue weighted by Crippen LogP contribution is -2.18. The van der Waals surface area contributed by atoms with E-state index >= 15 is 0 Å². The summed E-state index contributed by atoms with van der Waals surface area (Å²) in [6.07, 6.45) is -4.73. The minimum absolute atomic E-state index is 0.0291. The predicted octanol–water partition coefficient (Wildman–Crippen LogP) is 3.82. The first-order chi connectivity index (χ1) is 6.85. The molecule has 0 aliphatic heterocycles. The van der Waals surface area contributed by atoms with E-state index in [9.17, 15) is 13.2 Å². The fraction of sp³-hybridized carbons (Fsp3) is 0.250. The maximum atomic E-state index is 12.0. The lowest BCUT2D eigenvalue weighted by atomic mass is 10.2. The second-order valence-electron chi connectivity index (χ2n) is 2.62. The highest BCUT2D eigenvalue weighted by Crippen LogP contribution is 2.35. The summed E-state index contributed by atoms with van der Waals surface area (Å²) in [5.41, 5.74) is 6.01. The summed E-state index contributed by atoms with van der Waals surface area (Å²) in [6, 6.07) is 2.62. The van der Waals surface area contributed by atoms with Gasteiger partial charge >= 0.3 is 6.36 Å². The molecular weight excluding hydrogens is 343 g/mol. The molecule has 0 aliphatic rings. The van der Waals surface area contributed by atoms with Crippen molar-refractivity contribution in [3.8, 4) is 5.75 Å². The Bertz CT molecular complexity index is 368. The Morgan fingerprint density at radius 3 is 2.40 bits per heavy atom. The van der Waals surface area contributed by atoms with Gasteiger partial charge in [-0.15, -0.1) is 13.2 Å². The van der Waals surface area contributed by atoms with Crippen LogP contribution in [0.5, 0.6) is 5.75 Å². The van der Waals surface area contributed by atoms with Crippen molar-refractivity contribution in [1.29, 1.82) is 0 Å². The van der Waals surface area contributed by atoms with Crippen LogP contribution in [0.1, 0.15) is 5.56 Å². The third kappa shape index (κ3) is 3.27. The maximum Gasteiger partial charge on any atom is 0.573 e. The van der Waals surface area contributed by atoms with E-state index in [-0.39, 0.29) is 11.4 Å². The van der Waals surface area contributed by atoms with Gasteiger partial charge in [0.05, 0.1) is 5.69 Å². The lowest BCUT2D eigenvalue weighted by Gasteiger charge is -2.13. The summed E-state index contributed by atoms with van der Waals surface area (Å²) >= 11 is 6.30. The highest BCUT2D eigenvalue weighted by molar-refractivity contribution is 9.10. The van der Waals surface area contributed by atoms with Crippen LogP contribution in [-0.4, -0.2) is 6.36 Å². The number of ether oxygens (including phenoxy) is 1. The molecular formula is C8H6Br2F3NO. The average Bonchev–Trinajstić information content (AvgIpc) is 2.09. The number of alkyl halides is 4. The molecule has 0 aromatic heterocycles. The number of nitrogens with two attached hydrogens (primary N) is 1. The van der Waals surface area contributed by atoms with Gasteiger partial charge in [-0.25, -0.2) is 0 Å². The van der Waals surface area contributed by atoms with Gasteiger partial charge in [0.15, 0.2) is 5.75 Å². The van der Waals surface area contributed by atoms with Crippen LogP contribution in [0, 0.1) is 0 Å².